The molecule has 0 aliphatic heterocycles. The molecule has 0 spiro atoms. The van der Waals surface area contributed by atoms with Crippen LogP contribution in [-0.4, -0.2) is 7.11 Å². The first kappa shape index (κ1) is 15.8. The van der Waals surface area contributed by atoms with E-state index < -0.39 is 5.82 Å². The molecule has 0 heterocycles. The largest absolute Gasteiger partial charge is 0.494 e. The lowest BCUT2D eigenvalue weighted by Crippen LogP contribution is -2.08. The van der Waals surface area contributed by atoms with Crippen molar-refractivity contribution in [2.24, 2.45) is 5.73 Å². The topological polar surface area (TPSA) is 44.5 Å². The van der Waals surface area contributed by atoms with Crippen LogP contribution in [0.2, 0.25) is 0 Å². The highest BCUT2D eigenvalue weighted by Gasteiger charge is 2.10. The number of ether oxygens (including phenoxy) is 2. The van der Waals surface area contributed by atoms with Crippen molar-refractivity contribution < 1.29 is 13.9 Å². The van der Waals surface area contributed by atoms with Crippen LogP contribution in [0.5, 0.6) is 11.5 Å². The molecule has 2 rings (SSSR count). The fourth-order valence-electron chi connectivity index (χ4n) is 1.97. The second-order valence-electron chi connectivity index (χ2n) is 4.73. The molecule has 1 atom stereocenters. The van der Waals surface area contributed by atoms with Crippen LogP contribution in [0.4, 0.5) is 4.39 Å². The van der Waals surface area contributed by atoms with Crippen molar-refractivity contribution in [1.29, 1.82) is 0 Å². The fourth-order valence-corrected chi connectivity index (χ4v) is 2.31. The second kappa shape index (κ2) is 6.91. The van der Waals surface area contributed by atoms with Gasteiger partial charge in [0.15, 0.2) is 11.6 Å². The maximum Gasteiger partial charge on any atom is 0.165 e. The first-order valence-corrected chi connectivity index (χ1v) is 7.31. The van der Waals surface area contributed by atoms with Gasteiger partial charge in [-0.15, -0.1) is 0 Å². The fraction of sp³-hybridized carbons (Fsp3) is 0.250. The molecule has 21 heavy (non-hydrogen) atoms. The van der Waals surface area contributed by atoms with Gasteiger partial charge in [0.2, 0.25) is 0 Å². The van der Waals surface area contributed by atoms with E-state index in [2.05, 4.69) is 15.9 Å². The van der Waals surface area contributed by atoms with E-state index >= 15 is 0 Å². The standard InChI is InChI=1S/C16H17BrFNO2/c1-10(19)13-5-4-12(17)8-16(13)21-9-11-3-6-15(20-2)14(18)7-11/h3-8,10H,9,19H2,1-2H3/t10-/m0/s1. The normalized spacial score (nSPS) is 12.0. The number of hydrogen-bond donors (Lipinski definition) is 1. The first-order chi connectivity index (χ1) is 10.0. The molecule has 0 fully saturated rings. The molecule has 5 heteroatoms. The van der Waals surface area contributed by atoms with Crippen LogP contribution in [0, 0.1) is 5.82 Å². The van der Waals surface area contributed by atoms with E-state index in [9.17, 15) is 4.39 Å². The van der Waals surface area contributed by atoms with E-state index in [0.29, 0.717) is 5.75 Å². The van der Waals surface area contributed by atoms with E-state index in [4.69, 9.17) is 15.2 Å². The Morgan fingerprint density at radius 3 is 2.57 bits per heavy atom. The lowest BCUT2D eigenvalue weighted by atomic mass is 10.1. The van der Waals surface area contributed by atoms with Crippen LogP contribution >= 0.6 is 15.9 Å². The Morgan fingerprint density at radius 1 is 1.19 bits per heavy atom. The molecule has 0 aliphatic rings. The smallest absolute Gasteiger partial charge is 0.165 e. The van der Waals surface area contributed by atoms with Crippen molar-refractivity contribution >= 4 is 15.9 Å². The highest BCUT2D eigenvalue weighted by molar-refractivity contribution is 9.10. The Labute approximate surface area is 132 Å². The summed E-state index contributed by atoms with van der Waals surface area (Å²) in [6.07, 6.45) is 0. The zero-order chi connectivity index (χ0) is 15.4. The lowest BCUT2D eigenvalue weighted by Gasteiger charge is -2.15. The number of hydrogen-bond acceptors (Lipinski definition) is 3. The number of methoxy groups -OCH3 is 1. The highest BCUT2D eigenvalue weighted by atomic mass is 79.9. The van der Waals surface area contributed by atoms with E-state index in [1.165, 1.54) is 13.2 Å². The molecule has 0 saturated carbocycles. The van der Waals surface area contributed by atoms with Crippen LogP contribution < -0.4 is 15.2 Å². The molecule has 3 nitrogen and oxygen atoms in total. The maximum atomic E-state index is 13.6. The zero-order valence-electron chi connectivity index (χ0n) is 11.9. The predicted molar refractivity (Wildman–Crippen MR) is 84.0 cm³/mol. The summed E-state index contributed by atoms with van der Waals surface area (Å²) in [6, 6.07) is 10.3. The van der Waals surface area contributed by atoms with Crippen LogP contribution in [-0.2, 0) is 6.61 Å². The van der Waals surface area contributed by atoms with Gasteiger partial charge in [0.25, 0.3) is 0 Å². The van der Waals surface area contributed by atoms with Crippen molar-refractivity contribution in [3.8, 4) is 11.5 Å². The van der Waals surface area contributed by atoms with E-state index in [-0.39, 0.29) is 18.4 Å². The van der Waals surface area contributed by atoms with Gasteiger partial charge in [-0.25, -0.2) is 4.39 Å². The Hall–Kier alpha value is -1.59. The van der Waals surface area contributed by atoms with Crippen LogP contribution in [0.1, 0.15) is 24.1 Å². The van der Waals surface area contributed by atoms with E-state index in [1.54, 1.807) is 12.1 Å². The SMILES string of the molecule is COc1ccc(COc2cc(Br)ccc2[C@H](C)N)cc1F. The third-order valence-electron chi connectivity index (χ3n) is 3.08. The van der Waals surface area contributed by atoms with Gasteiger partial charge in [-0.05, 0) is 36.8 Å². The third kappa shape index (κ3) is 3.95. The Bertz CT molecular complexity index is 632. The molecule has 0 saturated heterocycles. The predicted octanol–water partition coefficient (Wildman–Crippen LogP) is 4.20. The minimum absolute atomic E-state index is 0.138. The lowest BCUT2D eigenvalue weighted by molar-refractivity contribution is 0.300. The molecule has 0 radical (unpaired) electrons. The maximum absolute atomic E-state index is 13.6. The Kier molecular flexibility index (Phi) is 5.20. The number of benzene rings is 2. The molecule has 2 aromatic rings. The first-order valence-electron chi connectivity index (χ1n) is 6.51. The number of halogens is 2. The molecule has 0 amide bonds. The second-order valence-corrected chi connectivity index (χ2v) is 5.64. The highest BCUT2D eigenvalue weighted by Crippen LogP contribution is 2.28. The summed E-state index contributed by atoms with van der Waals surface area (Å²) in [5, 5.41) is 0. The molecular formula is C16H17BrFNO2. The Morgan fingerprint density at radius 2 is 1.95 bits per heavy atom. The molecule has 0 aromatic heterocycles. The monoisotopic (exact) mass is 353 g/mol. The number of rotatable bonds is 5. The van der Waals surface area contributed by atoms with Crippen LogP contribution in [0.3, 0.4) is 0 Å². The summed E-state index contributed by atoms with van der Waals surface area (Å²) >= 11 is 3.40. The summed E-state index contributed by atoms with van der Waals surface area (Å²) in [4.78, 5) is 0. The average molecular weight is 354 g/mol. The van der Waals surface area contributed by atoms with Gasteiger partial charge < -0.3 is 15.2 Å². The third-order valence-corrected chi connectivity index (χ3v) is 3.57. The summed E-state index contributed by atoms with van der Waals surface area (Å²) in [7, 11) is 1.44. The Balaban J connectivity index is 2.16. The zero-order valence-corrected chi connectivity index (χ0v) is 13.5. The summed E-state index contributed by atoms with van der Waals surface area (Å²) in [5.41, 5.74) is 7.56. The van der Waals surface area contributed by atoms with Gasteiger partial charge in [0, 0.05) is 16.1 Å². The molecule has 0 aliphatic carbocycles. The van der Waals surface area contributed by atoms with Gasteiger partial charge in [-0.2, -0.15) is 0 Å². The minimum atomic E-state index is -0.403. The summed E-state index contributed by atoms with van der Waals surface area (Å²) in [5.74, 6) is 0.508. The summed E-state index contributed by atoms with van der Waals surface area (Å²) in [6.45, 7) is 2.15. The van der Waals surface area contributed by atoms with Crippen molar-refractivity contribution in [3.05, 3.63) is 57.8 Å². The van der Waals surface area contributed by atoms with Crippen molar-refractivity contribution in [2.75, 3.05) is 7.11 Å². The van der Waals surface area contributed by atoms with Crippen molar-refractivity contribution in [1.82, 2.24) is 0 Å². The van der Waals surface area contributed by atoms with Gasteiger partial charge in [0.05, 0.1) is 7.11 Å². The van der Waals surface area contributed by atoms with Crippen LogP contribution in [0.25, 0.3) is 0 Å². The van der Waals surface area contributed by atoms with Crippen molar-refractivity contribution in [3.63, 3.8) is 0 Å². The molecule has 112 valence electrons. The number of nitrogens with two attached hydrogens (primary N) is 1. The quantitative estimate of drug-likeness (QED) is 0.876. The van der Waals surface area contributed by atoms with Crippen LogP contribution in [0.15, 0.2) is 40.9 Å². The average Bonchev–Trinajstić information content (AvgIpc) is 2.45. The minimum Gasteiger partial charge on any atom is -0.494 e. The van der Waals surface area contributed by atoms with E-state index in [0.717, 1.165) is 15.6 Å². The van der Waals surface area contributed by atoms with Crippen molar-refractivity contribution in [2.45, 2.75) is 19.6 Å². The molecule has 2 aromatic carbocycles. The molecular weight excluding hydrogens is 337 g/mol. The summed E-state index contributed by atoms with van der Waals surface area (Å²) < 4.78 is 25.2. The van der Waals surface area contributed by atoms with E-state index in [1.807, 2.05) is 25.1 Å². The van der Waals surface area contributed by atoms with Gasteiger partial charge in [-0.1, -0.05) is 28.1 Å². The molecule has 0 bridgehead atoms. The molecule has 2 N–H and O–H groups in total. The molecule has 0 unspecified atom stereocenters. The van der Waals surface area contributed by atoms with Gasteiger partial charge in [0.1, 0.15) is 12.4 Å². The van der Waals surface area contributed by atoms with Gasteiger partial charge in [-0.3, -0.25) is 0 Å². The van der Waals surface area contributed by atoms with Gasteiger partial charge >= 0.3 is 0 Å².